The second-order valence-electron chi connectivity index (χ2n) is 9.40. The summed E-state index contributed by atoms with van der Waals surface area (Å²) in [5, 5.41) is 2.86. The van der Waals surface area contributed by atoms with Crippen LogP contribution in [-0.2, 0) is 37.4 Å². The van der Waals surface area contributed by atoms with Gasteiger partial charge < -0.3 is 24.4 Å². The van der Waals surface area contributed by atoms with E-state index in [2.05, 4.69) is 10.3 Å². The van der Waals surface area contributed by atoms with E-state index >= 15 is 0 Å². The molecule has 0 unspecified atom stereocenters. The van der Waals surface area contributed by atoms with Gasteiger partial charge in [0.2, 0.25) is 15.9 Å². The van der Waals surface area contributed by atoms with Crippen LogP contribution in [0.3, 0.4) is 0 Å². The normalized spacial score (nSPS) is 14.6. The highest BCUT2D eigenvalue weighted by atomic mass is 32.2. The Kier molecular flexibility index (Phi) is 10.3. The van der Waals surface area contributed by atoms with Gasteiger partial charge in [0.15, 0.2) is 6.61 Å². The smallest absolute Gasteiger partial charge is 0.261 e. The summed E-state index contributed by atoms with van der Waals surface area (Å²) in [7, 11) is -2.07. The number of pyridine rings is 1. The summed E-state index contributed by atoms with van der Waals surface area (Å²) in [5.41, 5.74) is 1.65. The Bertz CT molecular complexity index is 1400. The van der Waals surface area contributed by atoms with E-state index in [9.17, 15) is 18.0 Å². The lowest BCUT2D eigenvalue weighted by atomic mass is 10.1. The molecule has 11 nitrogen and oxygen atoms in total. The first-order valence-electron chi connectivity index (χ1n) is 13.2. The van der Waals surface area contributed by atoms with Gasteiger partial charge in [-0.2, -0.15) is 4.31 Å². The number of carbonyl (C=O) groups excluding carboxylic acids is 2. The van der Waals surface area contributed by atoms with Crippen LogP contribution in [0.4, 0.5) is 0 Å². The molecule has 1 N–H and O–H groups in total. The molecule has 1 aliphatic rings. The molecule has 0 spiro atoms. The summed E-state index contributed by atoms with van der Waals surface area (Å²) < 4.78 is 43.3. The SMILES string of the molecule is COc1ccc(CN(C(=O)COc2ccc(S(=O)(=O)N3CCOCC3)cc2)[C@@H](C)C(=O)NCc2cccnc2)cc1. The highest BCUT2D eigenvalue weighted by Crippen LogP contribution is 2.21. The lowest BCUT2D eigenvalue weighted by molar-refractivity contribution is -0.142. The van der Waals surface area contributed by atoms with Crippen LogP contribution in [0.25, 0.3) is 0 Å². The number of hydrogen-bond acceptors (Lipinski definition) is 8. The third kappa shape index (κ3) is 8.03. The van der Waals surface area contributed by atoms with E-state index < -0.39 is 22.0 Å². The van der Waals surface area contributed by atoms with Crippen LogP contribution >= 0.6 is 0 Å². The molecule has 1 aromatic heterocycles. The van der Waals surface area contributed by atoms with Gasteiger partial charge in [-0.3, -0.25) is 14.6 Å². The summed E-state index contributed by atoms with van der Waals surface area (Å²) in [4.78, 5) is 32.0. The molecule has 41 heavy (non-hydrogen) atoms. The van der Waals surface area contributed by atoms with Gasteiger partial charge >= 0.3 is 0 Å². The summed E-state index contributed by atoms with van der Waals surface area (Å²) in [6.07, 6.45) is 3.32. The number of methoxy groups -OCH3 is 1. The molecular formula is C29H34N4O7S. The Balaban J connectivity index is 1.42. The molecule has 1 saturated heterocycles. The van der Waals surface area contributed by atoms with Crippen molar-refractivity contribution < 1.29 is 32.2 Å². The molecule has 12 heteroatoms. The minimum atomic E-state index is -3.64. The van der Waals surface area contributed by atoms with Gasteiger partial charge in [0.05, 0.1) is 25.2 Å². The van der Waals surface area contributed by atoms with Crippen molar-refractivity contribution in [3.05, 3.63) is 84.2 Å². The van der Waals surface area contributed by atoms with Gasteiger partial charge in [0, 0.05) is 38.6 Å². The second kappa shape index (κ2) is 14.1. The van der Waals surface area contributed by atoms with Crippen LogP contribution in [0.15, 0.2) is 78.0 Å². The number of hydrogen-bond donors (Lipinski definition) is 1. The highest BCUT2D eigenvalue weighted by Gasteiger charge is 2.28. The van der Waals surface area contributed by atoms with Crippen molar-refractivity contribution in [2.24, 2.45) is 0 Å². The van der Waals surface area contributed by atoms with Crippen LogP contribution in [-0.4, -0.2) is 80.5 Å². The molecular weight excluding hydrogens is 548 g/mol. The molecule has 2 amide bonds. The van der Waals surface area contributed by atoms with Crippen LogP contribution in [0.5, 0.6) is 11.5 Å². The van der Waals surface area contributed by atoms with E-state index in [-0.39, 0.29) is 30.5 Å². The molecule has 2 heterocycles. The van der Waals surface area contributed by atoms with Crippen molar-refractivity contribution in [2.75, 3.05) is 40.0 Å². The van der Waals surface area contributed by atoms with Crippen molar-refractivity contribution in [1.29, 1.82) is 0 Å². The molecule has 218 valence electrons. The molecule has 0 radical (unpaired) electrons. The first-order chi connectivity index (χ1) is 19.8. The Morgan fingerprint density at radius 2 is 1.71 bits per heavy atom. The first-order valence-corrected chi connectivity index (χ1v) is 14.6. The number of nitrogens with zero attached hydrogens (tertiary/aromatic N) is 3. The van der Waals surface area contributed by atoms with E-state index in [1.165, 1.54) is 33.5 Å². The van der Waals surface area contributed by atoms with E-state index in [1.807, 2.05) is 18.2 Å². The van der Waals surface area contributed by atoms with Crippen LogP contribution < -0.4 is 14.8 Å². The number of ether oxygens (including phenoxy) is 3. The molecule has 4 rings (SSSR count). The zero-order chi connectivity index (χ0) is 29.2. The van der Waals surface area contributed by atoms with Crippen LogP contribution in [0.2, 0.25) is 0 Å². The van der Waals surface area contributed by atoms with Crippen LogP contribution in [0, 0.1) is 0 Å². The van der Waals surface area contributed by atoms with E-state index in [4.69, 9.17) is 14.2 Å². The maximum Gasteiger partial charge on any atom is 0.261 e. The largest absolute Gasteiger partial charge is 0.497 e. The molecule has 2 aromatic carbocycles. The van der Waals surface area contributed by atoms with Gasteiger partial charge in [0.1, 0.15) is 17.5 Å². The van der Waals surface area contributed by atoms with E-state index in [0.29, 0.717) is 37.8 Å². The van der Waals surface area contributed by atoms with Crippen molar-refractivity contribution in [3.8, 4) is 11.5 Å². The third-order valence-electron chi connectivity index (χ3n) is 6.66. The number of amides is 2. The summed E-state index contributed by atoms with van der Waals surface area (Å²) in [6.45, 7) is 3.07. The zero-order valence-corrected chi connectivity index (χ0v) is 23.9. The standard InChI is InChI=1S/C29H34N4O7S/c1-22(29(35)31-19-24-4-3-13-30-18-24)33(20-23-5-7-25(38-2)8-6-23)28(34)21-40-26-9-11-27(12-10-26)41(36,37)32-14-16-39-17-15-32/h3-13,18,22H,14-17,19-21H2,1-2H3,(H,31,35)/t22-/m0/s1. The first kappa shape index (κ1) is 30.0. The van der Waals surface area contributed by atoms with Gasteiger partial charge in [0.25, 0.3) is 5.91 Å². The number of nitrogens with one attached hydrogen (secondary N) is 1. The zero-order valence-electron chi connectivity index (χ0n) is 23.1. The third-order valence-corrected chi connectivity index (χ3v) is 8.58. The molecule has 1 fully saturated rings. The van der Waals surface area contributed by atoms with E-state index in [0.717, 1.165) is 11.1 Å². The molecule has 0 saturated carbocycles. The van der Waals surface area contributed by atoms with Gasteiger partial charge in [-0.25, -0.2) is 8.42 Å². The summed E-state index contributed by atoms with van der Waals surface area (Å²) >= 11 is 0. The average Bonchev–Trinajstić information content (AvgIpc) is 3.02. The van der Waals surface area contributed by atoms with Crippen molar-refractivity contribution >= 4 is 21.8 Å². The quantitative estimate of drug-likeness (QED) is 0.345. The molecule has 1 atom stereocenters. The molecule has 1 aliphatic heterocycles. The minimum absolute atomic E-state index is 0.137. The van der Waals surface area contributed by atoms with Crippen molar-refractivity contribution in [2.45, 2.75) is 31.0 Å². The summed E-state index contributed by atoms with van der Waals surface area (Å²) in [6, 6.07) is 16.0. The predicted octanol–water partition coefficient (Wildman–Crippen LogP) is 2.22. The number of carbonyl (C=O) groups is 2. The number of benzene rings is 2. The fourth-order valence-corrected chi connectivity index (χ4v) is 5.63. The Morgan fingerprint density at radius 3 is 2.34 bits per heavy atom. The Hall–Kier alpha value is -4.00. The molecule has 3 aromatic rings. The average molecular weight is 583 g/mol. The maximum atomic E-state index is 13.4. The van der Waals surface area contributed by atoms with Crippen molar-refractivity contribution in [3.63, 3.8) is 0 Å². The summed E-state index contributed by atoms with van der Waals surface area (Å²) in [5.74, 6) is 0.275. The number of aromatic nitrogens is 1. The molecule has 0 bridgehead atoms. The number of morpholine rings is 1. The Morgan fingerprint density at radius 1 is 1.02 bits per heavy atom. The van der Waals surface area contributed by atoms with Crippen LogP contribution in [0.1, 0.15) is 18.1 Å². The lowest BCUT2D eigenvalue weighted by Crippen LogP contribution is -2.48. The second-order valence-corrected chi connectivity index (χ2v) is 11.3. The minimum Gasteiger partial charge on any atom is -0.497 e. The topological polar surface area (TPSA) is 127 Å². The van der Waals surface area contributed by atoms with Gasteiger partial charge in [-0.05, 0) is 60.5 Å². The maximum absolute atomic E-state index is 13.4. The molecule has 0 aliphatic carbocycles. The monoisotopic (exact) mass is 582 g/mol. The van der Waals surface area contributed by atoms with Crippen molar-refractivity contribution in [1.82, 2.24) is 19.5 Å². The lowest BCUT2D eigenvalue weighted by Gasteiger charge is -2.29. The number of rotatable bonds is 12. The number of sulfonamides is 1. The fourth-order valence-electron chi connectivity index (χ4n) is 4.22. The predicted molar refractivity (Wildman–Crippen MR) is 151 cm³/mol. The Labute approximate surface area is 240 Å². The highest BCUT2D eigenvalue weighted by molar-refractivity contribution is 7.89. The fraction of sp³-hybridized carbons (Fsp3) is 0.345. The van der Waals surface area contributed by atoms with Gasteiger partial charge in [-0.1, -0.05) is 18.2 Å². The van der Waals surface area contributed by atoms with Gasteiger partial charge in [-0.15, -0.1) is 0 Å². The van der Waals surface area contributed by atoms with E-state index in [1.54, 1.807) is 44.6 Å².